The Bertz CT molecular complexity index is 372. The molecule has 0 bridgehead atoms. The zero-order valence-electron chi connectivity index (χ0n) is 9.28. The number of carbonyl (C=O) groups excluding carboxylic acids is 1. The van der Waals surface area contributed by atoms with Gasteiger partial charge >= 0.3 is 0 Å². The van der Waals surface area contributed by atoms with Crippen LogP contribution < -0.4 is 5.32 Å². The van der Waals surface area contributed by atoms with Gasteiger partial charge in [0.2, 0.25) is 5.91 Å². The highest BCUT2D eigenvalue weighted by Crippen LogP contribution is 2.28. The maximum absolute atomic E-state index is 11.3. The second kappa shape index (κ2) is 5.01. The molecule has 16 heavy (non-hydrogen) atoms. The molecule has 0 heterocycles. The van der Waals surface area contributed by atoms with E-state index >= 15 is 0 Å². The Morgan fingerprint density at radius 1 is 1.44 bits per heavy atom. The second-order valence-electron chi connectivity index (χ2n) is 4.34. The van der Waals surface area contributed by atoms with Crippen LogP contribution in [0.15, 0.2) is 24.3 Å². The van der Waals surface area contributed by atoms with E-state index in [1.54, 1.807) is 12.1 Å². The molecule has 3 heteroatoms. The van der Waals surface area contributed by atoms with Crippen LogP contribution in [0.3, 0.4) is 0 Å². The fraction of sp³-hybridized carbons (Fsp3) is 0.462. The van der Waals surface area contributed by atoms with Crippen molar-refractivity contribution < 1.29 is 9.90 Å². The lowest BCUT2D eigenvalue weighted by Gasteiger charge is -2.04. The average molecular weight is 219 g/mol. The van der Waals surface area contributed by atoms with Gasteiger partial charge in [-0.15, -0.1) is 0 Å². The number of hydrogen-bond acceptors (Lipinski definition) is 2. The van der Waals surface area contributed by atoms with Gasteiger partial charge in [-0.1, -0.05) is 12.1 Å². The smallest absolute Gasteiger partial charge is 0.223 e. The molecule has 1 aliphatic rings. The van der Waals surface area contributed by atoms with Gasteiger partial charge in [0.25, 0.3) is 0 Å². The van der Waals surface area contributed by atoms with Crippen molar-refractivity contribution in [2.45, 2.75) is 25.7 Å². The van der Waals surface area contributed by atoms with Crippen LogP contribution in [0.2, 0.25) is 0 Å². The van der Waals surface area contributed by atoms with Gasteiger partial charge in [0, 0.05) is 12.5 Å². The Hall–Kier alpha value is -1.51. The number of rotatable bonds is 5. The summed E-state index contributed by atoms with van der Waals surface area (Å²) >= 11 is 0. The van der Waals surface area contributed by atoms with Crippen molar-refractivity contribution in [3.63, 3.8) is 0 Å². The number of phenols is 1. The molecule has 0 atom stereocenters. The monoisotopic (exact) mass is 219 g/mol. The fourth-order valence-electron chi connectivity index (χ4n) is 1.71. The van der Waals surface area contributed by atoms with Crippen molar-refractivity contribution >= 4 is 5.91 Å². The van der Waals surface area contributed by atoms with Gasteiger partial charge in [0.15, 0.2) is 0 Å². The quantitative estimate of drug-likeness (QED) is 0.742. The molecule has 0 spiro atoms. The summed E-state index contributed by atoms with van der Waals surface area (Å²) in [5.41, 5.74) is 1.11. The minimum atomic E-state index is 0.205. The predicted molar refractivity (Wildman–Crippen MR) is 62.2 cm³/mol. The van der Waals surface area contributed by atoms with Crippen LogP contribution in [-0.4, -0.2) is 17.6 Å². The van der Waals surface area contributed by atoms with E-state index in [0.717, 1.165) is 37.8 Å². The first-order valence-corrected chi connectivity index (χ1v) is 5.81. The topological polar surface area (TPSA) is 49.3 Å². The largest absolute Gasteiger partial charge is 0.508 e. The molecular formula is C13H17NO2. The molecule has 1 aliphatic carbocycles. The lowest BCUT2D eigenvalue weighted by Crippen LogP contribution is -2.26. The van der Waals surface area contributed by atoms with Gasteiger partial charge in [-0.3, -0.25) is 4.79 Å². The minimum Gasteiger partial charge on any atom is -0.508 e. The van der Waals surface area contributed by atoms with E-state index in [4.69, 9.17) is 0 Å². The molecule has 0 unspecified atom stereocenters. The lowest BCUT2D eigenvalue weighted by molar-refractivity contribution is -0.122. The highest BCUT2D eigenvalue weighted by atomic mass is 16.3. The van der Waals surface area contributed by atoms with Gasteiger partial charge in [-0.2, -0.15) is 0 Å². The molecule has 1 aromatic carbocycles. The molecule has 0 radical (unpaired) electrons. The van der Waals surface area contributed by atoms with Crippen LogP contribution in [-0.2, 0) is 11.2 Å². The van der Waals surface area contributed by atoms with E-state index < -0.39 is 0 Å². The average Bonchev–Trinajstić information content (AvgIpc) is 3.08. The number of nitrogens with one attached hydrogen (secondary N) is 1. The van der Waals surface area contributed by atoms with Crippen LogP contribution in [0.5, 0.6) is 5.75 Å². The number of benzene rings is 1. The summed E-state index contributed by atoms with van der Waals surface area (Å²) in [6, 6.07) is 7.26. The first-order valence-electron chi connectivity index (χ1n) is 5.81. The molecule has 2 rings (SSSR count). The molecule has 2 N–H and O–H groups in total. The van der Waals surface area contributed by atoms with Gasteiger partial charge in [0.1, 0.15) is 5.75 Å². The number of aryl methyl sites for hydroxylation is 1. The summed E-state index contributed by atoms with van der Waals surface area (Å²) in [4.78, 5) is 11.3. The summed E-state index contributed by atoms with van der Waals surface area (Å²) in [5.74, 6) is 0.802. The van der Waals surface area contributed by atoms with Crippen LogP contribution in [0.25, 0.3) is 0 Å². The summed E-state index contributed by atoms with van der Waals surface area (Å²) in [6.07, 6.45) is 3.91. The zero-order valence-corrected chi connectivity index (χ0v) is 9.28. The van der Waals surface area contributed by atoms with Crippen LogP contribution in [0.4, 0.5) is 0 Å². The number of amides is 1. The van der Waals surface area contributed by atoms with Crippen molar-refractivity contribution in [1.82, 2.24) is 5.32 Å². The van der Waals surface area contributed by atoms with Crippen LogP contribution in [0.1, 0.15) is 24.8 Å². The molecule has 1 aromatic rings. The van der Waals surface area contributed by atoms with Gasteiger partial charge in [-0.25, -0.2) is 0 Å². The summed E-state index contributed by atoms with van der Waals surface area (Å²) in [6.45, 7) is 0.727. The Morgan fingerprint density at radius 3 is 2.94 bits per heavy atom. The molecule has 1 saturated carbocycles. The van der Waals surface area contributed by atoms with Gasteiger partial charge in [0.05, 0.1) is 0 Å². The molecule has 1 amide bonds. The molecule has 0 saturated heterocycles. The maximum atomic E-state index is 11.3. The molecule has 1 fully saturated rings. The first kappa shape index (κ1) is 11.0. The summed E-state index contributed by atoms with van der Waals surface area (Å²) in [5, 5.41) is 12.2. The molecule has 0 aromatic heterocycles. The third-order valence-corrected chi connectivity index (χ3v) is 2.80. The van der Waals surface area contributed by atoms with E-state index in [0.29, 0.717) is 11.7 Å². The third kappa shape index (κ3) is 3.26. The molecule has 3 nitrogen and oxygen atoms in total. The highest BCUT2D eigenvalue weighted by Gasteiger charge is 2.28. The molecule has 86 valence electrons. The van der Waals surface area contributed by atoms with Crippen molar-refractivity contribution in [2.75, 3.05) is 6.54 Å². The van der Waals surface area contributed by atoms with Gasteiger partial charge in [-0.05, 0) is 43.4 Å². The van der Waals surface area contributed by atoms with Crippen molar-refractivity contribution in [2.24, 2.45) is 5.92 Å². The predicted octanol–water partition coefficient (Wildman–Crippen LogP) is 1.85. The Labute approximate surface area is 95.5 Å². The van der Waals surface area contributed by atoms with Crippen molar-refractivity contribution in [1.29, 1.82) is 0 Å². The van der Waals surface area contributed by atoms with Gasteiger partial charge < -0.3 is 10.4 Å². The molecular weight excluding hydrogens is 202 g/mol. The summed E-state index contributed by atoms with van der Waals surface area (Å²) in [7, 11) is 0. The number of phenolic OH excluding ortho intramolecular Hbond substituents is 1. The minimum absolute atomic E-state index is 0.205. The second-order valence-corrected chi connectivity index (χ2v) is 4.34. The standard InChI is InChI=1S/C13H17NO2/c15-12-5-1-3-10(9-12)4-2-8-14-13(16)11-6-7-11/h1,3,5,9,11,15H,2,4,6-8H2,(H,14,16). The number of aromatic hydroxyl groups is 1. The van der Waals surface area contributed by atoms with E-state index in [-0.39, 0.29) is 5.91 Å². The van der Waals surface area contributed by atoms with Crippen molar-refractivity contribution in [3.05, 3.63) is 29.8 Å². The Balaban J connectivity index is 1.65. The Kier molecular flexibility index (Phi) is 3.44. The van der Waals surface area contributed by atoms with Crippen LogP contribution >= 0.6 is 0 Å². The fourth-order valence-corrected chi connectivity index (χ4v) is 1.71. The SMILES string of the molecule is O=C(NCCCc1cccc(O)c1)C1CC1. The van der Waals surface area contributed by atoms with E-state index in [1.807, 2.05) is 12.1 Å². The summed E-state index contributed by atoms with van der Waals surface area (Å²) < 4.78 is 0. The number of carbonyl (C=O) groups is 1. The third-order valence-electron chi connectivity index (χ3n) is 2.80. The maximum Gasteiger partial charge on any atom is 0.223 e. The van der Waals surface area contributed by atoms with E-state index in [9.17, 15) is 9.90 Å². The highest BCUT2D eigenvalue weighted by molar-refractivity contribution is 5.80. The number of hydrogen-bond donors (Lipinski definition) is 2. The first-order chi connectivity index (χ1) is 7.75. The van der Waals surface area contributed by atoms with Crippen LogP contribution in [0, 0.1) is 5.92 Å². The normalized spacial score (nSPS) is 14.8. The van der Waals surface area contributed by atoms with Crippen molar-refractivity contribution in [3.8, 4) is 5.75 Å². The lowest BCUT2D eigenvalue weighted by atomic mass is 10.1. The Morgan fingerprint density at radius 2 is 2.25 bits per heavy atom. The zero-order chi connectivity index (χ0) is 11.4. The van der Waals surface area contributed by atoms with E-state index in [1.165, 1.54) is 0 Å². The van der Waals surface area contributed by atoms with E-state index in [2.05, 4.69) is 5.32 Å². The molecule has 0 aliphatic heterocycles.